The standard InChI is InChI=1S/C27H30O2/c1-3-19-15-23-20(16-25(19)29-17-18-7-5-4-6-8-18)9-10-22-21(23)13-14-27(2)24(22)11-12-26(27)28/h4-8,11-12,15-16,21-22,24H,3,9-10,13-14,17H2,1-2H3/t21-,22+,24-,27-/m0/s1. The van der Waals surface area contributed by atoms with E-state index in [1.165, 1.54) is 28.7 Å². The monoisotopic (exact) mass is 386 g/mol. The molecule has 1 saturated carbocycles. The maximum absolute atomic E-state index is 12.5. The molecule has 0 radical (unpaired) electrons. The van der Waals surface area contributed by atoms with Gasteiger partial charge < -0.3 is 4.74 Å². The van der Waals surface area contributed by atoms with Gasteiger partial charge in [0.2, 0.25) is 0 Å². The molecule has 0 bridgehead atoms. The predicted molar refractivity (Wildman–Crippen MR) is 116 cm³/mol. The minimum atomic E-state index is -0.148. The van der Waals surface area contributed by atoms with Crippen LogP contribution < -0.4 is 4.74 Å². The van der Waals surface area contributed by atoms with Crippen molar-refractivity contribution in [3.05, 3.63) is 76.9 Å². The molecule has 3 aliphatic carbocycles. The smallest absolute Gasteiger partial charge is 0.161 e. The van der Waals surface area contributed by atoms with Gasteiger partial charge in [0.15, 0.2) is 5.78 Å². The van der Waals surface area contributed by atoms with Gasteiger partial charge >= 0.3 is 0 Å². The summed E-state index contributed by atoms with van der Waals surface area (Å²) in [7, 11) is 0. The summed E-state index contributed by atoms with van der Waals surface area (Å²) in [6, 6.07) is 15.1. The van der Waals surface area contributed by atoms with E-state index in [9.17, 15) is 4.79 Å². The highest BCUT2D eigenvalue weighted by atomic mass is 16.5. The lowest BCUT2D eigenvalue weighted by Crippen LogP contribution is -2.43. The summed E-state index contributed by atoms with van der Waals surface area (Å²) in [5, 5.41) is 0. The number of aryl methyl sites for hydroxylation is 2. The Balaban J connectivity index is 1.43. The lowest BCUT2D eigenvalue weighted by atomic mass is 9.55. The first-order valence-corrected chi connectivity index (χ1v) is 11.1. The molecule has 5 rings (SSSR count). The first kappa shape index (κ1) is 18.7. The summed E-state index contributed by atoms with van der Waals surface area (Å²) in [6.07, 6.45) is 9.48. The molecule has 2 heteroatoms. The largest absolute Gasteiger partial charge is 0.489 e. The maximum Gasteiger partial charge on any atom is 0.161 e. The van der Waals surface area contributed by atoms with E-state index in [1.54, 1.807) is 0 Å². The molecule has 0 saturated heterocycles. The van der Waals surface area contributed by atoms with E-state index in [0.29, 0.717) is 30.1 Å². The second kappa shape index (κ2) is 7.16. The molecule has 150 valence electrons. The van der Waals surface area contributed by atoms with Gasteiger partial charge in [0.05, 0.1) is 0 Å². The highest BCUT2D eigenvalue weighted by molar-refractivity contribution is 5.97. The Morgan fingerprint density at radius 2 is 1.97 bits per heavy atom. The van der Waals surface area contributed by atoms with Gasteiger partial charge in [-0.1, -0.05) is 56.3 Å². The SMILES string of the molecule is CCc1cc2c(cc1OCc1ccccc1)CC[C@@H]1[C@@H]2CC[C@]2(C)C(=O)C=C[C@@H]12. The van der Waals surface area contributed by atoms with E-state index < -0.39 is 0 Å². The number of benzene rings is 2. The molecular weight excluding hydrogens is 356 g/mol. The second-order valence-corrected chi connectivity index (χ2v) is 9.30. The number of rotatable bonds is 4. The molecule has 2 aromatic rings. The van der Waals surface area contributed by atoms with Gasteiger partial charge in [-0.2, -0.15) is 0 Å². The molecule has 1 fully saturated rings. The van der Waals surface area contributed by atoms with E-state index >= 15 is 0 Å². The van der Waals surface area contributed by atoms with Gasteiger partial charge in [0.25, 0.3) is 0 Å². The van der Waals surface area contributed by atoms with E-state index in [2.05, 4.69) is 56.3 Å². The molecule has 0 unspecified atom stereocenters. The summed E-state index contributed by atoms with van der Waals surface area (Å²) in [5.41, 5.74) is 5.36. The van der Waals surface area contributed by atoms with Crippen LogP contribution in [0.5, 0.6) is 5.75 Å². The van der Waals surface area contributed by atoms with Crippen LogP contribution in [-0.2, 0) is 24.2 Å². The van der Waals surface area contributed by atoms with Crippen molar-refractivity contribution in [1.29, 1.82) is 0 Å². The molecule has 29 heavy (non-hydrogen) atoms. The molecule has 2 aromatic carbocycles. The molecule has 3 aliphatic rings. The van der Waals surface area contributed by atoms with Gasteiger partial charge in [-0.05, 0) is 84.3 Å². The topological polar surface area (TPSA) is 26.3 Å². The Kier molecular flexibility index (Phi) is 4.61. The van der Waals surface area contributed by atoms with Gasteiger partial charge in [0, 0.05) is 5.41 Å². The van der Waals surface area contributed by atoms with Crippen LogP contribution in [0.25, 0.3) is 0 Å². The van der Waals surface area contributed by atoms with Crippen molar-refractivity contribution in [1.82, 2.24) is 0 Å². The van der Waals surface area contributed by atoms with Crippen molar-refractivity contribution in [2.24, 2.45) is 17.3 Å². The molecule has 0 aliphatic heterocycles. The molecule has 4 atom stereocenters. The number of fused-ring (bicyclic) bond motifs is 5. The number of hydrogen-bond donors (Lipinski definition) is 0. The van der Waals surface area contributed by atoms with Crippen molar-refractivity contribution in [3.8, 4) is 5.75 Å². The van der Waals surface area contributed by atoms with Gasteiger partial charge in [0.1, 0.15) is 12.4 Å². The average molecular weight is 387 g/mol. The number of allylic oxidation sites excluding steroid dienone is 2. The first-order valence-electron chi connectivity index (χ1n) is 11.1. The van der Waals surface area contributed by atoms with Crippen LogP contribution in [0.2, 0.25) is 0 Å². The highest BCUT2D eigenvalue weighted by Gasteiger charge is 2.52. The van der Waals surface area contributed by atoms with Crippen LogP contribution in [0.15, 0.2) is 54.6 Å². The summed E-state index contributed by atoms with van der Waals surface area (Å²) in [5.74, 6) is 3.00. The summed E-state index contributed by atoms with van der Waals surface area (Å²) in [4.78, 5) is 12.5. The fourth-order valence-electron chi connectivity index (χ4n) is 6.07. The molecule has 2 nitrogen and oxygen atoms in total. The average Bonchev–Trinajstić information content (AvgIpc) is 3.06. The fourth-order valence-corrected chi connectivity index (χ4v) is 6.07. The Morgan fingerprint density at radius 1 is 1.14 bits per heavy atom. The summed E-state index contributed by atoms with van der Waals surface area (Å²) < 4.78 is 6.26. The van der Waals surface area contributed by atoms with Crippen LogP contribution in [0, 0.1) is 17.3 Å². The molecule has 0 spiro atoms. The van der Waals surface area contributed by atoms with Crippen molar-refractivity contribution >= 4 is 5.78 Å². The third-order valence-corrected chi connectivity index (χ3v) is 7.79. The zero-order chi connectivity index (χ0) is 20.0. The third kappa shape index (κ3) is 3.04. The predicted octanol–water partition coefficient (Wildman–Crippen LogP) is 6.03. The van der Waals surface area contributed by atoms with Gasteiger partial charge in [-0.3, -0.25) is 4.79 Å². The Bertz CT molecular complexity index is 958. The lowest BCUT2D eigenvalue weighted by Gasteiger charge is -2.48. The third-order valence-electron chi connectivity index (χ3n) is 7.79. The molecule has 0 heterocycles. The Labute approximate surface area is 174 Å². The molecular formula is C27H30O2. The van der Waals surface area contributed by atoms with Crippen molar-refractivity contribution in [2.45, 2.75) is 58.5 Å². The second-order valence-electron chi connectivity index (χ2n) is 9.30. The number of carbonyl (C=O) groups excluding carboxylic acids is 1. The molecule has 0 amide bonds. The van der Waals surface area contributed by atoms with E-state index in [4.69, 9.17) is 4.74 Å². The zero-order valence-electron chi connectivity index (χ0n) is 17.5. The van der Waals surface area contributed by atoms with Crippen LogP contribution in [-0.4, -0.2) is 5.78 Å². The number of carbonyl (C=O) groups is 1. The number of hydrogen-bond acceptors (Lipinski definition) is 2. The Hall–Kier alpha value is -2.35. The number of ether oxygens (including phenoxy) is 1. The minimum Gasteiger partial charge on any atom is -0.489 e. The van der Waals surface area contributed by atoms with Crippen molar-refractivity contribution in [2.75, 3.05) is 0 Å². The lowest BCUT2D eigenvalue weighted by molar-refractivity contribution is -0.126. The zero-order valence-corrected chi connectivity index (χ0v) is 17.5. The van der Waals surface area contributed by atoms with E-state index in [-0.39, 0.29) is 5.41 Å². The van der Waals surface area contributed by atoms with E-state index in [0.717, 1.165) is 31.4 Å². The summed E-state index contributed by atoms with van der Waals surface area (Å²) >= 11 is 0. The number of ketones is 1. The minimum absolute atomic E-state index is 0.148. The van der Waals surface area contributed by atoms with Gasteiger partial charge in [-0.15, -0.1) is 0 Å². The molecule has 0 N–H and O–H groups in total. The van der Waals surface area contributed by atoms with Crippen molar-refractivity contribution in [3.63, 3.8) is 0 Å². The normalized spacial score (nSPS) is 29.9. The summed E-state index contributed by atoms with van der Waals surface area (Å²) in [6.45, 7) is 5.03. The Morgan fingerprint density at radius 3 is 2.76 bits per heavy atom. The quantitative estimate of drug-likeness (QED) is 0.641. The van der Waals surface area contributed by atoms with E-state index in [1.807, 2.05) is 12.1 Å². The van der Waals surface area contributed by atoms with Crippen LogP contribution in [0.3, 0.4) is 0 Å². The van der Waals surface area contributed by atoms with Crippen LogP contribution in [0.4, 0.5) is 0 Å². The fraction of sp³-hybridized carbons (Fsp3) is 0.444. The highest BCUT2D eigenvalue weighted by Crippen LogP contribution is 2.57. The van der Waals surface area contributed by atoms with Crippen molar-refractivity contribution < 1.29 is 9.53 Å². The van der Waals surface area contributed by atoms with Crippen LogP contribution in [0.1, 0.15) is 61.3 Å². The van der Waals surface area contributed by atoms with Crippen LogP contribution >= 0.6 is 0 Å². The first-order chi connectivity index (χ1) is 14.1. The maximum atomic E-state index is 12.5. The van der Waals surface area contributed by atoms with Gasteiger partial charge in [-0.25, -0.2) is 0 Å². The molecule has 0 aromatic heterocycles.